The van der Waals surface area contributed by atoms with E-state index in [1.165, 1.54) is 4.57 Å². The van der Waals surface area contributed by atoms with Gasteiger partial charge in [0.1, 0.15) is 6.10 Å². The van der Waals surface area contributed by atoms with Gasteiger partial charge in [-0.25, -0.2) is 4.79 Å². The van der Waals surface area contributed by atoms with Crippen molar-refractivity contribution >= 4 is 6.09 Å². The molecule has 0 aliphatic carbocycles. The minimum atomic E-state index is -0.356. The zero-order chi connectivity index (χ0) is 12.3. The van der Waals surface area contributed by atoms with Gasteiger partial charge in [-0.1, -0.05) is 24.3 Å². The Balaban J connectivity index is 2.10. The first kappa shape index (κ1) is 11.5. The van der Waals surface area contributed by atoms with Crippen LogP contribution >= 0.6 is 0 Å². The zero-order valence-corrected chi connectivity index (χ0v) is 9.96. The van der Waals surface area contributed by atoms with Gasteiger partial charge in [-0.15, -0.1) is 0 Å². The lowest BCUT2D eigenvalue weighted by molar-refractivity contribution is 0.108. The molecular formula is C14H15NO2. The summed E-state index contributed by atoms with van der Waals surface area (Å²) in [6.45, 7) is 3.89. The maximum atomic E-state index is 11.7. The van der Waals surface area contributed by atoms with Gasteiger partial charge >= 0.3 is 6.09 Å². The largest absolute Gasteiger partial charge is 0.441 e. The van der Waals surface area contributed by atoms with Gasteiger partial charge in [0.25, 0.3) is 0 Å². The van der Waals surface area contributed by atoms with E-state index in [1.54, 1.807) is 24.5 Å². The molecule has 0 spiro atoms. The fraction of sp³-hybridized carbons (Fsp3) is 0.214. The molecular weight excluding hydrogens is 214 g/mol. The maximum absolute atomic E-state index is 11.7. The first-order chi connectivity index (χ1) is 8.18. The Morgan fingerprint density at radius 2 is 1.82 bits per heavy atom. The third-order valence-electron chi connectivity index (χ3n) is 2.72. The second kappa shape index (κ2) is 4.87. The van der Waals surface area contributed by atoms with E-state index in [0.717, 1.165) is 11.1 Å². The van der Waals surface area contributed by atoms with Crippen molar-refractivity contribution in [3.8, 4) is 0 Å². The number of hydrogen-bond acceptors (Lipinski definition) is 2. The molecule has 0 radical (unpaired) electrons. The zero-order valence-electron chi connectivity index (χ0n) is 9.96. The van der Waals surface area contributed by atoms with Crippen molar-refractivity contribution in [2.75, 3.05) is 0 Å². The molecule has 3 nitrogen and oxygen atoms in total. The highest BCUT2D eigenvalue weighted by Crippen LogP contribution is 2.20. The number of benzene rings is 1. The lowest BCUT2D eigenvalue weighted by Gasteiger charge is -2.15. The average Bonchev–Trinajstić information content (AvgIpc) is 2.82. The fourth-order valence-electron chi connectivity index (χ4n) is 1.77. The molecule has 88 valence electrons. The highest BCUT2D eigenvalue weighted by molar-refractivity contribution is 5.70. The second-order valence-electron chi connectivity index (χ2n) is 3.97. The van der Waals surface area contributed by atoms with Crippen LogP contribution in [0.15, 0.2) is 48.8 Å². The van der Waals surface area contributed by atoms with E-state index in [-0.39, 0.29) is 12.2 Å². The Kier molecular flexibility index (Phi) is 3.28. The van der Waals surface area contributed by atoms with Gasteiger partial charge in [0.2, 0.25) is 0 Å². The highest BCUT2D eigenvalue weighted by atomic mass is 16.6. The molecule has 1 aromatic carbocycles. The van der Waals surface area contributed by atoms with Crippen LogP contribution in [0, 0.1) is 6.92 Å². The summed E-state index contributed by atoms with van der Waals surface area (Å²) < 4.78 is 6.81. The molecule has 1 atom stereocenters. The summed E-state index contributed by atoms with van der Waals surface area (Å²) in [4.78, 5) is 11.7. The molecule has 2 rings (SSSR count). The van der Waals surface area contributed by atoms with Gasteiger partial charge in [-0.2, -0.15) is 0 Å². The van der Waals surface area contributed by atoms with E-state index in [0.29, 0.717) is 0 Å². The minimum absolute atomic E-state index is 0.244. The summed E-state index contributed by atoms with van der Waals surface area (Å²) >= 11 is 0. The van der Waals surface area contributed by atoms with Crippen molar-refractivity contribution in [2.24, 2.45) is 0 Å². The first-order valence-corrected chi connectivity index (χ1v) is 5.58. The SMILES string of the molecule is Cc1ccccc1C(C)OC(=O)n1cccc1. The third kappa shape index (κ3) is 2.56. The Morgan fingerprint density at radius 3 is 2.47 bits per heavy atom. The van der Waals surface area contributed by atoms with Crippen molar-refractivity contribution in [3.63, 3.8) is 0 Å². The number of aryl methyl sites for hydroxylation is 1. The van der Waals surface area contributed by atoms with E-state index in [2.05, 4.69) is 0 Å². The van der Waals surface area contributed by atoms with E-state index in [9.17, 15) is 4.79 Å². The molecule has 0 amide bonds. The Bertz CT molecular complexity index is 503. The number of aromatic nitrogens is 1. The summed E-state index contributed by atoms with van der Waals surface area (Å²) in [6, 6.07) is 11.5. The van der Waals surface area contributed by atoms with Crippen molar-refractivity contribution in [3.05, 3.63) is 59.9 Å². The number of carbonyl (C=O) groups is 1. The second-order valence-corrected chi connectivity index (χ2v) is 3.97. The third-order valence-corrected chi connectivity index (χ3v) is 2.72. The van der Waals surface area contributed by atoms with Crippen molar-refractivity contribution in [2.45, 2.75) is 20.0 Å². The lowest BCUT2D eigenvalue weighted by Crippen LogP contribution is -2.14. The topological polar surface area (TPSA) is 31.2 Å². The van der Waals surface area contributed by atoms with Gasteiger partial charge in [0, 0.05) is 12.4 Å². The molecule has 17 heavy (non-hydrogen) atoms. The Hall–Kier alpha value is -2.03. The van der Waals surface area contributed by atoms with Crippen LogP contribution in [-0.2, 0) is 4.74 Å². The summed E-state index contributed by atoms with van der Waals surface area (Å²) in [7, 11) is 0. The quantitative estimate of drug-likeness (QED) is 0.788. The number of nitrogens with zero attached hydrogens (tertiary/aromatic N) is 1. The molecule has 0 saturated carbocycles. The van der Waals surface area contributed by atoms with Crippen LogP contribution < -0.4 is 0 Å². The van der Waals surface area contributed by atoms with Crippen LogP contribution in [0.1, 0.15) is 24.2 Å². The smallest absolute Gasteiger partial charge is 0.418 e. The Labute approximate surface area is 101 Å². The van der Waals surface area contributed by atoms with E-state index in [1.807, 2.05) is 38.1 Å². The molecule has 0 N–H and O–H groups in total. The molecule has 0 bridgehead atoms. The van der Waals surface area contributed by atoms with Crippen molar-refractivity contribution < 1.29 is 9.53 Å². The normalized spacial score (nSPS) is 12.1. The van der Waals surface area contributed by atoms with Gasteiger partial charge in [-0.3, -0.25) is 4.57 Å². The van der Waals surface area contributed by atoms with E-state index in [4.69, 9.17) is 4.74 Å². The van der Waals surface area contributed by atoms with Crippen LogP contribution in [0.4, 0.5) is 4.79 Å². The molecule has 1 unspecified atom stereocenters. The predicted octanol–water partition coefficient (Wildman–Crippen LogP) is 3.54. The summed E-state index contributed by atoms with van der Waals surface area (Å²) in [6.07, 6.45) is 2.75. The number of rotatable bonds is 2. The Morgan fingerprint density at radius 1 is 1.18 bits per heavy atom. The monoisotopic (exact) mass is 229 g/mol. The molecule has 3 heteroatoms. The van der Waals surface area contributed by atoms with Crippen molar-refractivity contribution in [1.29, 1.82) is 0 Å². The predicted molar refractivity (Wildman–Crippen MR) is 65.9 cm³/mol. The van der Waals surface area contributed by atoms with Gasteiger partial charge in [0.05, 0.1) is 0 Å². The molecule has 2 aromatic rings. The molecule has 1 heterocycles. The van der Waals surface area contributed by atoms with Crippen LogP contribution in [-0.4, -0.2) is 10.7 Å². The number of hydrogen-bond donors (Lipinski definition) is 0. The first-order valence-electron chi connectivity index (χ1n) is 5.58. The van der Waals surface area contributed by atoms with Crippen LogP contribution in [0.3, 0.4) is 0 Å². The molecule has 0 aliphatic heterocycles. The van der Waals surface area contributed by atoms with Crippen LogP contribution in [0.5, 0.6) is 0 Å². The number of carbonyl (C=O) groups excluding carboxylic acids is 1. The molecule has 0 saturated heterocycles. The maximum Gasteiger partial charge on any atom is 0.418 e. The highest BCUT2D eigenvalue weighted by Gasteiger charge is 2.13. The van der Waals surface area contributed by atoms with Crippen molar-refractivity contribution in [1.82, 2.24) is 4.57 Å². The summed E-state index contributed by atoms with van der Waals surface area (Å²) in [5.41, 5.74) is 2.16. The standard InChI is InChI=1S/C14H15NO2/c1-11-7-3-4-8-13(11)12(2)17-14(16)15-9-5-6-10-15/h3-10,12H,1-2H3. The van der Waals surface area contributed by atoms with E-state index >= 15 is 0 Å². The summed E-state index contributed by atoms with van der Waals surface area (Å²) in [5, 5.41) is 0. The van der Waals surface area contributed by atoms with Gasteiger partial charge < -0.3 is 4.74 Å². The van der Waals surface area contributed by atoms with E-state index < -0.39 is 0 Å². The minimum Gasteiger partial charge on any atom is -0.441 e. The molecule has 0 aliphatic rings. The number of ether oxygens (including phenoxy) is 1. The van der Waals surface area contributed by atoms with Crippen LogP contribution in [0.25, 0.3) is 0 Å². The molecule has 0 fully saturated rings. The van der Waals surface area contributed by atoms with Gasteiger partial charge in [-0.05, 0) is 37.1 Å². The van der Waals surface area contributed by atoms with Gasteiger partial charge in [0.15, 0.2) is 0 Å². The lowest BCUT2D eigenvalue weighted by atomic mass is 10.1. The van der Waals surface area contributed by atoms with Crippen LogP contribution in [0.2, 0.25) is 0 Å². The average molecular weight is 229 g/mol. The molecule has 1 aromatic heterocycles. The fourth-order valence-corrected chi connectivity index (χ4v) is 1.77. The summed E-state index contributed by atoms with van der Waals surface area (Å²) in [5.74, 6) is 0.